The van der Waals surface area contributed by atoms with Gasteiger partial charge in [0.25, 0.3) is 0 Å². The molecule has 6 heteroatoms. The molecule has 2 aromatic rings. The number of nitrogens with zero attached hydrogens (tertiary/aromatic N) is 1. The second kappa shape index (κ2) is 11.8. The molecular weight excluding hydrogens is 371 g/mol. The van der Waals surface area contributed by atoms with Gasteiger partial charge >= 0.3 is 0 Å². The summed E-state index contributed by atoms with van der Waals surface area (Å²) in [7, 11) is 0. The average molecular weight is 400 g/mol. The maximum absolute atomic E-state index is 13.2. The minimum atomic E-state index is -0.617. The summed E-state index contributed by atoms with van der Waals surface area (Å²) in [4.78, 5) is 26.8. The molecule has 5 nitrogen and oxygen atoms in total. The summed E-state index contributed by atoms with van der Waals surface area (Å²) in [6, 6.07) is 14.8. The molecule has 0 saturated carbocycles. The van der Waals surface area contributed by atoms with E-state index in [0.717, 1.165) is 17.7 Å². The standard InChI is InChI=1S/C23H29FN2O3/c1-3-15-25-23(28)18(2)26(17-19-11-13-20(24)14-12-19)22(27)10-7-16-29-21-8-5-4-6-9-21/h4-6,8-9,11-14,18H,3,7,10,15-17H2,1-2H3,(H,25,28)/t18-/m0/s1. The summed E-state index contributed by atoms with van der Waals surface area (Å²) in [5.74, 6) is 0.0989. The van der Waals surface area contributed by atoms with E-state index in [9.17, 15) is 14.0 Å². The van der Waals surface area contributed by atoms with Gasteiger partial charge in [-0.05, 0) is 49.6 Å². The van der Waals surface area contributed by atoms with E-state index in [2.05, 4.69) is 5.32 Å². The third kappa shape index (κ3) is 7.56. The topological polar surface area (TPSA) is 58.6 Å². The third-order valence-corrected chi connectivity index (χ3v) is 4.53. The number of halogens is 1. The first kappa shape index (κ1) is 22.4. The fourth-order valence-corrected chi connectivity index (χ4v) is 2.84. The van der Waals surface area contributed by atoms with Gasteiger partial charge in [0.1, 0.15) is 17.6 Å². The highest BCUT2D eigenvalue weighted by Gasteiger charge is 2.25. The van der Waals surface area contributed by atoms with Gasteiger partial charge in [0.05, 0.1) is 6.61 Å². The lowest BCUT2D eigenvalue weighted by Gasteiger charge is -2.29. The highest BCUT2D eigenvalue weighted by Crippen LogP contribution is 2.14. The van der Waals surface area contributed by atoms with Crippen LogP contribution in [0.5, 0.6) is 5.75 Å². The van der Waals surface area contributed by atoms with Crippen LogP contribution in [0.1, 0.15) is 38.7 Å². The zero-order chi connectivity index (χ0) is 21.1. The van der Waals surface area contributed by atoms with Crippen molar-refractivity contribution in [2.75, 3.05) is 13.2 Å². The largest absolute Gasteiger partial charge is 0.494 e. The van der Waals surface area contributed by atoms with Gasteiger partial charge in [-0.25, -0.2) is 4.39 Å². The Morgan fingerprint density at radius 1 is 1.10 bits per heavy atom. The number of hydrogen-bond acceptors (Lipinski definition) is 3. The molecule has 0 aliphatic carbocycles. The van der Waals surface area contributed by atoms with Crippen LogP contribution in [0.15, 0.2) is 54.6 Å². The van der Waals surface area contributed by atoms with E-state index in [1.807, 2.05) is 37.3 Å². The predicted molar refractivity (Wildman–Crippen MR) is 111 cm³/mol. The monoisotopic (exact) mass is 400 g/mol. The Morgan fingerprint density at radius 2 is 1.79 bits per heavy atom. The molecule has 29 heavy (non-hydrogen) atoms. The van der Waals surface area contributed by atoms with Gasteiger partial charge in [-0.2, -0.15) is 0 Å². The highest BCUT2D eigenvalue weighted by atomic mass is 19.1. The molecule has 1 atom stereocenters. The Kier molecular flexibility index (Phi) is 9.15. The van der Waals surface area contributed by atoms with Crippen LogP contribution >= 0.6 is 0 Å². The summed E-state index contributed by atoms with van der Waals surface area (Å²) < 4.78 is 18.8. The van der Waals surface area contributed by atoms with Gasteiger partial charge in [-0.15, -0.1) is 0 Å². The first-order chi connectivity index (χ1) is 14.0. The van der Waals surface area contributed by atoms with Gasteiger partial charge in [0.15, 0.2) is 0 Å². The van der Waals surface area contributed by atoms with Crippen molar-refractivity contribution in [3.05, 3.63) is 66.0 Å². The van der Waals surface area contributed by atoms with Gasteiger partial charge in [0.2, 0.25) is 11.8 Å². The number of benzene rings is 2. The molecule has 0 aromatic heterocycles. The van der Waals surface area contributed by atoms with Crippen molar-refractivity contribution in [3.63, 3.8) is 0 Å². The molecule has 0 bridgehead atoms. The van der Waals surface area contributed by atoms with Crippen LogP contribution in [0, 0.1) is 5.82 Å². The second-order valence-corrected chi connectivity index (χ2v) is 6.88. The van der Waals surface area contributed by atoms with Gasteiger partial charge < -0.3 is 15.0 Å². The smallest absolute Gasteiger partial charge is 0.242 e. The zero-order valence-electron chi connectivity index (χ0n) is 17.1. The van der Waals surface area contributed by atoms with Crippen molar-refractivity contribution in [1.29, 1.82) is 0 Å². The summed E-state index contributed by atoms with van der Waals surface area (Å²) in [6.45, 7) is 4.91. The first-order valence-corrected chi connectivity index (χ1v) is 10.0. The van der Waals surface area contributed by atoms with E-state index in [0.29, 0.717) is 19.6 Å². The summed E-state index contributed by atoms with van der Waals surface area (Å²) >= 11 is 0. The maximum Gasteiger partial charge on any atom is 0.242 e. The quantitative estimate of drug-likeness (QED) is 0.582. The highest BCUT2D eigenvalue weighted by molar-refractivity contribution is 5.87. The van der Waals surface area contributed by atoms with Crippen LogP contribution < -0.4 is 10.1 Å². The molecule has 2 rings (SSSR count). The molecule has 0 aliphatic heterocycles. The van der Waals surface area contributed by atoms with E-state index in [1.165, 1.54) is 12.1 Å². The number of amides is 2. The van der Waals surface area contributed by atoms with E-state index in [1.54, 1.807) is 24.0 Å². The number of nitrogens with one attached hydrogen (secondary N) is 1. The lowest BCUT2D eigenvalue weighted by molar-refractivity contribution is -0.140. The molecule has 0 saturated heterocycles. The van der Waals surface area contributed by atoms with E-state index in [4.69, 9.17) is 4.74 Å². The number of hydrogen-bond donors (Lipinski definition) is 1. The van der Waals surface area contributed by atoms with Crippen LogP contribution in [-0.2, 0) is 16.1 Å². The van der Waals surface area contributed by atoms with Crippen LogP contribution in [0.3, 0.4) is 0 Å². The molecule has 0 spiro atoms. The molecule has 156 valence electrons. The van der Waals surface area contributed by atoms with Crippen LogP contribution in [0.25, 0.3) is 0 Å². The SMILES string of the molecule is CCCNC(=O)[C@H](C)N(Cc1ccc(F)cc1)C(=O)CCCOc1ccccc1. The Bertz CT molecular complexity index is 765. The molecule has 0 heterocycles. The molecular formula is C23H29FN2O3. The fraction of sp³-hybridized carbons (Fsp3) is 0.391. The minimum Gasteiger partial charge on any atom is -0.494 e. The van der Waals surface area contributed by atoms with Crippen molar-refractivity contribution in [1.82, 2.24) is 10.2 Å². The Hall–Kier alpha value is -2.89. The van der Waals surface area contributed by atoms with Crippen LogP contribution in [0.4, 0.5) is 4.39 Å². The Labute approximate surface area is 171 Å². The zero-order valence-corrected chi connectivity index (χ0v) is 17.1. The predicted octanol–water partition coefficient (Wildman–Crippen LogP) is 3.93. The van der Waals surface area contributed by atoms with Crippen LogP contribution in [-0.4, -0.2) is 35.9 Å². The molecule has 0 fully saturated rings. The first-order valence-electron chi connectivity index (χ1n) is 10.0. The Balaban J connectivity index is 1.97. The van der Waals surface area contributed by atoms with Crippen molar-refractivity contribution < 1.29 is 18.7 Å². The lowest BCUT2D eigenvalue weighted by Crippen LogP contribution is -2.47. The molecule has 2 amide bonds. The van der Waals surface area contributed by atoms with E-state index < -0.39 is 6.04 Å². The van der Waals surface area contributed by atoms with Crippen molar-refractivity contribution in [2.24, 2.45) is 0 Å². The van der Waals surface area contributed by atoms with E-state index >= 15 is 0 Å². The van der Waals surface area contributed by atoms with Crippen molar-refractivity contribution >= 4 is 11.8 Å². The van der Waals surface area contributed by atoms with Gasteiger partial charge in [0, 0.05) is 19.5 Å². The normalized spacial score (nSPS) is 11.6. The number of rotatable bonds is 11. The van der Waals surface area contributed by atoms with Crippen molar-refractivity contribution in [2.45, 2.75) is 45.7 Å². The fourth-order valence-electron chi connectivity index (χ4n) is 2.84. The maximum atomic E-state index is 13.2. The summed E-state index contributed by atoms with van der Waals surface area (Å²) in [5.41, 5.74) is 0.774. The molecule has 0 unspecified atom stereocenters. The number of carbonyl (C=O) groups excluding carboxylic acids is 2. The number of para-hydroxylation sites is 1. The Morgan fingerprint density at radius 3 is 2.45 bits per heavy atom. The number of carbonyl (C=O) groups is 2. The van der Waals surface area contributed by atoms with Gasteiger partial charge in [-0.1, -0.05) is 37.3 Å². The summed E-state index contributed by atoms with van der Waals surface area (Å²) in [6.07, 6.45) is 1.62. The second-order valence-electron chi connectivity index (χ2n) is 6.88. The van der Waals surface area contributed by atoms with Crippen molar-refractivity contribution in [3.8, 4) is 5.75 Å². The third-order valence-electron chi connectivity index (χ3n) is 4.53. The molecule has 2 aromatic carbocycles. The molecule has 0 aliphatic rings. The molecule has 1 N–H and O–H groups in total. The lowest BCUT2D eigenvalue weighted by atomic mass is 10.1. The van der Waals surface area contributed by atoms with E-state index in [-0.39, 0.29) is 30.6 Å². The average Bonchev–Trinajstić information content (AvgIpc) is 2.74. The molecule has 0 radical (unpaired) electrons. The minimum absolute atomic E-state index is 0.134. The van der Waals surface area contributed by atoms with Crippen LogP contribution in [0.2, 0.25) is 0 Å². The summed E-state index contributed by atoms with van der Waals surface area (Å²) in [5, 5.41) is 2.83. The number of ether oxygens (including phenoxy) is 1. The van der Waals surface area contributed by atoms with Gasteiger partial charge in [-0.3, -0.25) is 9.59 Å².